The molecule has 0 bridgehead atoms. The molecule has 14 heavy (non-hydrogen) atoms. The van der Waals surface area contributed by atoms with Crippen LogP contribution in [0.5, 0.6) is 0 Å². The van der Waals surface area contributed by atoms with Gasteiger partial charge in [-0.2, -0.15) is 0 Å². The van der Waals surface area contributed by atoms with Crippen LogP contribution in [0.15, 0.2) is 0 Å². The topological polar surface area (TPSA) is 23.5 Å². The second-order valence-corrected chi connectivity index (χ2v) is 6.12. The minimum Gasteiger partial charge on any atom is -0.390 e. The summed E-state index contributed by atoms with van der Waals surface area (Å²) in [4.78, 5) is 2.52. The second-order valence-electron chi connectivity index (χ2n) is 6.12. The maximum absolute atomic E-state index is 9.73. The van der Waals surface area contributed by atoms with Gasteiger partial charge in [0.05, 0.1) is 5.60 Å². The highest BCUT2D eigenvalue weighted by molar-refractivity contribution is 5.02. The number of aliphatic hydroxyl groups is 1. The molecule has 2 rings (SSSR count). The third-order valence-corrected chi connectivity index (χ3v) is 3.91. The van der Waals surface area contributed by atoms with E-state index in [-0.39, 0.29) is 0 Å². The largest absolute Gasteiger partial charge is 0.390 e. The Morgan fingerprint density at radius 3 is 2.29 bits per heavy atom. The van der Waals surface area contributed by atoms with Crippen LogP contribution < -0.4 is 0 Å². The van der Waals surface area contributed by atoms with Gasteiger partial charge in [-0.25, -0.2) is 0 Å². The minimum atomic E-state index is -0.512. The summed E-state index contributed by atoms with van der Waals surface area (Å²) in [6.45, 7) is 8.61. The molecule has 1 atom stereocenters. The van der Waals surface area contributed by atoms with Crippen LogP contribution in [-0.2, 0) is 0 Å². The summed E-state index contributed by atoms with van der Waals surface area (Å²) in [5, 5.41) is 9.73. The Kier molecular flexibility index (Phi) is 2.39. The summed E-state index contributed by atoms with van der Waals surface area (Å²) in [5.41, 5.74) is 0.204. The standard InChI is InChI=1S/C12H23NO/c1-10(7-11(2,3)14)13-8-12(9-13)5-4-6-12/h10,14H,4-9H2,1-3H3. The molecule has 0 aromatic heterocycles. The van der Waals surface area contributed by atoms with E-state index >= 15 is 0 Å². The molecule has 2 aliphatic rings. The van der Waals surface area contributed by atoms with Crippen molar-refractivity contribution < 1.29 is 5.11 Å². The molecule has 0 amide bonds. The number of hydrogen-bond donors (Lipinski definition) is 1. The first-order chi connectivity index (χ1) is 6.40. The predicted molar refractivity (Wildman–Crippen MR) is 58.2 cm³/mol. The van der Waals surface area contributed by atoms with Crippen molar-refractivity contribution >= 4 is 0 Å². The van der Waals surface area contributed by atoms with E-state index < -0.39 is 5.60 Å². The molecule has 1 saturated heterocycles. The van der Waals surface area contributed by atoms with Gasteiger partial charge in [0.1, 0.15) is 0 Å². The minimum absolute atomic E-state index is 0.512. The van der Waals surface area contributed by atoms with Crippen LogP contribution in [0.25, 0.3) is 0 Å². The van der Waals surface area contributed by atoms with Gasteiger partial charge in [0.25, 0.3) is 0 Å². The Morgan fingerprint density at radius 1 is 1.36 bits per heavy atom. The molecule has 1 unspecified atom stereocenters. The van der Waals surface area contributed by atoms with Crippen molar-refractivity contribution in [3.8, 4) is 0 Å². The molecule has 1 heterocycles. The third-order valence-electron chi connectivity index (χ3n) is 3.91. The summed E-state index contributed by atoms with van der Waals surface area (Å²) in [7, 11) is 0. The predicted octanol–water partition coefficient (Wildman–Crippen LogP) is 2.02. The average molecular weight is 197 g/mol. The van der Waals surface area contributed by atoms with Crippen LogP contribution in [0.3, 0.4) is 0 Å². The van der Waals surface area contributed by atoms with Crippen molar-refractivity contribution in [3.05, 3.63) is 0 Å². The van der Waals surface area contributed by atoms with E-state index in [2.05, 4.69) is 11.8 Å². The molecule has 2 fully saturated rings. The van der Waals surface area contributed by atoms with Crippen LogP contribution in [0.1, 0.15) is 46.5 Å². The molecule has 1 aliphatic heterocycles. The number of hydrogen-bond acceptors (Lipinski definition) is 2. The second kappa shape index (κ2) is 3.21. The highest BCUT2D eigenvalue weighted by Crippen LogP contribution is 2.49. The summed E-state index contributed by atoms with van der Waals surface area (Å²) in [6, 6.07) is 0.543. The van der Waals surface area contributed by atoms with Crippen LogP contribution in [-0.4, -0.2) is 34.7 Å². The van der Waals surface area contributed by atoms with Crippen molar-refractivity contribution in [2.45, 2.75) is 58.1 Å². The first kappa shape index (κ1) is 10.4. The molecule has 0 aromatic carbocycles. The van der Waals surface area contributed by atoms with E-state index in [4.69, 9.17) is 0 Å². The molecule has 0 aromatic rings. The normalized spacial score (nSPS) is 28.3. The smallest absolute Gasteiger partial charge is 0.0606 e. The van der Waals surface area contributed by atoms with E-state index in [9.17, 15) is 5.11 Å². The van der Waals surface area contributed by atoms with Gasteiger partial charge < -0.3 is 5.11 Å². The highest BCUT2D eigenvalue weighted by atomic mass is 16.3. The van der Waals surface area contributed by atoms with E-state index in [1.807, 2.05) is 13.8 Å². The molecule has 1 aliphatic carbocycles. The van der Waals surface area contributed by atoms with Crippen molar-refractivity contribution in [1.29, 1.82) is 0 Å². The first-order valence-electron chi connectivity index (χ1n) is 5.87. The molecule has 1 saturated carbocycles. The zero-order valence-electron chi connectivity index (χ0n) is 9.71. The fraction of sp³-hybridized carbons (Fsp3) is 1.00. The van der Waals surface area contributed by atoms with Gasteiger partial charge in [-0.3, -0.25) is 4.90 Å². The lowest BCUT2D eigenvalue weighted by Crippen LogP contribution is -2.62. The van der Waals surface area contributed by atoms with Crippen molar-refractivity contribution in [1.82, 2.24) is 4.90 Å². The quantitative estimate of drug-likeness (QED) is 0.748. The molecular formula is C12H23NO. The maximum atomic E-state index is 9.73. The lowest BCUT2D eigenvalue weighted by atomic mass is 9.63. The van der Waals surface area contributed by atoms with Crippen molar-refractivity contribution in [3.63, 3.8) is 0 Å². The van der Waals surface area contributed by atoms with Gasteiger partial charge in [0.2, 0.25) is 0 Å². The van der Waals surface area contributed by atoms with Crippen LogP contribution in [0, 0.1) is 5.41 Å². The number of rotatable bonds is 3. The van der Waals surface area contributed by atoms with Crippen LogP contribution in [0.4, 0.5) is 0 Å². The first-order valence-corrected chi connectivity index (χ1v) is 5.87. The lowest BCUT2D eigenvalue weighted by molar-refractivity contribution is -0.0929. The van der Waals surface area contributed by atoms with Gasteiger partial charge in [0, 0.05) is 19.1 Å². The maximum Gasteiger partial charge on any atom is 0.0606 e. The van der Waals surface area contributed by atoms with Crippen LogP contribution in [0.2, 0.25) is 0 Å². The summed E-state index contributed by atoms with van der Waals surface area (Å²) in [5.74, 6) is 0. The molecule has 2 nitrogen and oxygen atoms in total. The Bertz CT molecular complexity index is 207. The summed E-state index contributed by atoms with van der Waals surface area (Å²) < 4.78 is 0. The Balaban J connectivity index is 1.76. The molecule has 1 spiro atoms. The lowest BCUT2D eigenvalue weighted by Gasteiger charge is -2.58. The van der Waals surface area contributed by atoms with Crippen LogP contribution >= 0.6 is 0 Å². The van der Waals surface area contributed by atoms with Gasteiger partial charge in [-0.05, 0) is 45.4 Å². The van der Waals surface area contributed by atoms with Gasteiger partial charge in [-0.1, -0.05) is 6.42 Å². The fourth-order valence-corrected chi connectivity index (χ4v) is 2.97. The molecule has 2 heteroatoms. The summed E-state index contributed by atoms with van der Waals surface area (Å²) >= 11 is 0. The Labute approximate surface area is 87.3 Å². The van der Waals surface area contributed by atoms with Gasteiger partial charge >= 0.3 is 0 Å². The molecule has 0 radical (unpaired) electrons. The molecule has 1 N–H and O–H groups in total. The van der Waals surface area contributed by atoms with E-state index in [1.54, 1.807) is 0 Å². The monoisotopic (exact) mass is 197 g/mol. The third kappa shape index (κ3) is 1.96. The van der Waals surface area contributed by atoms with Crippen molar-refractivity contribution in [2.75, 3.05) is 13.1 Å². The SMILES string of the molecule is CC(CC(C)(C)O)N1CC2(CCC2)C1. The Morgan fingerprint density at radius 2 is 1.93 bits per heavy atom. The number of likely N-dealkylation sites (tertiary alicyclic amines) is 1. The fourth-order valence-electron chi connectivity index (χ4n) is 2.97. The number of nitrogens with zero attached hydrogens (tertiary/aromatic N) is 1. The molecular weight excluding hydrogens is 174 g/mol. The average Bonchev–Trinajstić information content (AvgIpc) is 1.74. The van der Waals surface area contributed by atoms with Gasteiger partial charge in [-0.15, -0.1) is 0 Å². The summed E-state index contributed by atoms with van der Waals surface area (Å²) in [6.07, 6.45) is 5.22. The zero-order valence-corrected chi connectivity index (χ0v) is 9.71. The Hall–Kier alpha value is -0.0800. The van der Waals surface area contributed by atoms with Crippen molar-refractivity contribution in [2.24, 2.45) is 5.41 Å². The van der Waals surface area contributed by atoms with E-state index in [0.29, 0.717) is 11.5 Å². The highest BCUT2D eigenvalue weighted by Gasteiger charge is 2.48. The van der Waals surface area contributed by atoms with E-state index in [1.165, 1.54) is 32.4 Å². The zero-order chi connectivity index (χ0) is 10.4. The van der Waals surface area contributed by atoms with Gasteiger partial charge in [0.15, 0.2) is 0 Å². The van der Waals surface area contributed by atoms with E-state index in [0.717, 1.165) is 6.42 Å². The molecule has 82 valence electrons.